The average molecular weight is 586 g/mol. The van der Waals surface area contributed by atoms with E-state index in [1.54, 1.807) is 12.4 Å². The highest BCUT2D eigenvalue weighted by Gasteiger charge is 2.36. The second kappa shape index (κ2) is 13.4. The quantitative estimate of drug-likeness (QED) is 0.138. The molecule has 1 saturated heterocycles. The SMILES string of the molecule is C[C@H](OC1CCCCO1)c1nccn1Cc1cc(-c2c(F)cc(C#CCCCO[Si](C)(C)C(C)(C)C)cc2F)on1. The van der Waals surface area contributed by atoms with Crippen molar-refractivity contribution in [2.24, 2.45) is 0 Å². The Morgan fingerprint density at radius 1 is 1.17 bits per heavy atom. The van der Waals surface area contributed by atoms with Crippen LogP contribution in [0.5, 0.6) is 0 Å². The summed E-state index contributed by atoms with van der Waals surface area (Å²) >= 11 is 0. The van der Waals surface area contributed by atoms with E-state index in [2.05, 4.69) is 55.8 Å². The predicted octanol–water partition coefficient (Wildman–Crippen LogP) is 7.62. The molecule has 0 saturated carbocycles. The van der Waals surface area contributed by atoms with E-state index in [0.717, 1.165) is 25.7 Å². The minimum atomic E-state index is -1.79. The maximum Gasteiger partial charge on any atom is 0.191 e. The molecule has 0 N–H and O–H groups in total. The molecule has 41 heavy (non-hydrogen) atoms. The molecular formula is C31H41F2N3O4Si. The first-order chi connectivity index (χ1) is 19.4. The van der Waals surface area contributed by atoms with Crippen molar-refractivity contribution < 1.29 is 27.2 Å². The number of unbranched alkanes of at least 4 members (excludes halogenated alkanes) is 1. The Labute approximate surface area is 242 Å². The Morgan fingerprint density at radius 2 is 1.93 bits per heavy atom. The first kappa shape index (κ1) is 31.1. The second-order valence-corrected chi connectivity index (χ2v) is 16.8. The molecule has 1 fully saturated rings. The molecule has 1 aliphatic heterocycles. The molecule has 3 aromatic rings. The maximum absolute atomic E-state index is 15.0. The van der Waals surface area contributed by atoms with Gasteiger partial charge in [-0.2, -0.15) is 0 Å². The summed E-state index contributed by atoms with van der Waals surface area (Å²) in [5.74, 6) is 5.07. The van der Waals surface area contributed by atoms with E-state index >= 15 is 0 Å². The third-order valence-electron chi connectivity index (χ3n) is 7.73. The number of ether oxygens (including phenoxy) is 2. The van der Waals surface area contributed by atoms with Crippen molar-refractivity contribution >= 4 is 8.32 Å². The lowest BCUT2D eigenvalue weighted by molar-refractivity contribution is -0.188. The van der Waals surface area contributed by atoms with Gasteiger partial charge in [-0.05, 0) is 62.9 Å². The number of nitrogens with zero attached hydrogens (tertiary/aromatic N) is 3. The topological polar surface area (TPSA) is 71.5 Å². The van der Waals surface area contributed by atoms with Crippen LogP contribution in [0.2, 0.25) is 18.1 Å². The Hall–Kier alpha value is -2.84. The first-order valence-electron chi connectivity index (χ1n) is 14.3. The molecule has 10 heteroatoms. The average Bonchev–Trinajstić information content (AvgIpc) is 3.56. The Balaban J connectivity index is 1.36. The monoisotopic (exact) mass is 585 g/mol. The summed E-state index contributed by atoms with van der Waals surface area (Å²) < 4.78 is 55.1. The van der Waals surface area contributed by atoms with Crippen molar-refractivity contribution in [3.05, 3.63) is 59.3 Å². The number of benzene rings is 1. The highest BCUT2D eigenvalue weighted by molar-refractivity contribution is 6.74. The highest BCUT2D eigenvalue weighted by atomic mass is 28.4. The summed E-state index contributed by atoms with van der Waals surface area (Å²) in [7, 11) is -1.79. The van der Waals surface area contributed by atoms with Gasteiger partial charge in [-0.15, -0.1) is 0 Å². The summed E-state index contributed by atoms with van der Waals surface area (Å²) in [6.45, 7) is 14.6. The lowest BCUT2D eigenvalue weighted by Gasteiger charge is -2.36. The molecule has 1 unspecified atom stereocenters. The molecule has 2 aromatic heterocycles. The van der Waals surface area contributed by atoms with E-state index in [1.807, 2.05) is 11.5 Å². The van der Waals surface area contributed by atoms with Crippen LogP contribution in [0.4, 0.5) is 8.78 Å². The molecule has 0 amide bonds. The van der Waals surface area contributed by atoms with Crippen molar-refractivity contribution in [1.29, 1.82) is 0 Å². The molecule has 7 nitrogen and oxygen atoms in total. The molecule has 222 valence electrons. The summed E-state index contributed by atoms with van der Waals surface area (Å²) in [4.78, 5) is 4.43. The minimum absolute atomic E-state index is 0.0128. The van der Waals surface area contributed by atoms with Crippen LogP contribution in [0.15, 0.2) is 35.1 Å². The summed E-state index contributed by atoms with van der Waals surface area (Å²) in [5.41, 5.74) is 0.504. The number of halogens is 2. The van der Waals surface area contributed by atoms with Gasteiger partial charge in [-0.25, -0.2) is 13.8 Å². The van der Waals surface area contributed by atoms with Gasteiger partial charge in [0.25, 0.3) is 0 Å². The molecule has 3 heterocycles. The lowest BCUT2D eigenvalue weighted by Crippen LogP contribution is -2.40. The molecule has 0 aliphatic carbocycles. The van der Waals surface area contributed by atoms with Gasteiger partial charge in [0.15, 0.2) is 20.4 Å². The smallest absolute Gasteiger partial charge is 0.191 e. The van der Waals surface area contributed by atoms with Gasteiger partial charge in [0, 0.05) is 43.7 Å². The molecule has 2 atom stereocenters. The van der Waals surface area contributed by atoms with Crippen LogP contribution in [0, 0.1) is 23.5 Å². The zero-order valence-corrected chi connectivity index (χ0v) is 25.9. The fourth-order valence-electron chi connectivity index (χ4n) is 4.35. The third kappa shape index (κ3) is 8.13. The largest absolute Gasteiger partial charge is 0.417 e. The number of imidazole rings is 1. The fourth-order valence-corrected chi connectivity index (χ4v) is 5.44. The summed E-state index contributed by atoms with van der Waals surface area (Å²) in [6, 6.07) is 3.98. The van der Waals surface area contributed by atoms with Crippen LogP contribution in [-0.4, -0.2) is 42.5 Å². The van der Waals surface area contributed by atoms with E-state index in [4.69, 9.17) is 18.4 Å². The number of rotatable bonds is 10. The maximum atomic E-state index is 15.0. The number of hydrogen-bond acceptors (Lipinski definition) is 6. The van der Waals surface area contributed by atoms with Gasteiger partial charge < -0.3 is 23.0 Å². The Bertz CT molecular complexity index is 1340. The molecule has 1 aliphatic rings. The highest BCUT2D eigenvalue weighted by Crippen LogP contribution is 2.36. The van der Waals surface area contributed by atoms with E-state index < -0.39 is 20.0 Å². The van der Waals surface area contributed by atoms with Gasteiger partial charge in [-0.3, -0.25) is 0 Å². The third-order valence-corrected chi connectivity index (χ3v) is 12.3. The van der Waals surface area contributed by atoms with E-state index in [1.165, 1.54) is 18.2 Å². The van der Waals surface area contributed by atoms with Crippen molar-refractivity contribution in [2.45, 2.75) is 96.9 Å². The normalized spacial score (nSPS) is 16.8. The van der Waals surface area contributed by atoms with Crippen LogP contribution >= 0.6 is 0 Å². The molecule has 0 spiro atoms. The zero-order valence-electron chi connectivity index (χ0n) is 24.9. The van der Waals surface area contributed by atoms with E-state index in [0.29, 0.717) is 37.7 Å². The van der Waals surface area contributed by atoms with Crippen LogP contribution in [0.3, 0.4) is 0 Å². The minimum Gasteiger partial charge on any atom is -0.417 e. The number of hydrogen-bond donors (Lipinski definition) is 0. The molecule has 4 rings (SSSR count). The number of aromatic nitrogens is 3. The zero-order chi connectivity index (χ0) is 29.6. The Morgan fingerprint density at radius 3 is 2.61 bits per heavy atom. The van der Waals surface area contributed by atoms with Gasteiger partial charge in [-0.1, -0.05) is 37.8 Å². The van der Waals surface area contributed by atoms with Gasteiger partial charge in [0.05, 0.1) is 12.1 Å². The molecule has 0 radical (unpaired) electrons. The second-order valence-electron chi connectivity index (χ2n) is 12.0. The molecule has 0 bridgehead atoms. The van der Waals surface area contributed by atoms with Crippen LogP contribution in [-0.2, 0) is 20.4 Å². The summed E-state index contributed by atoms with van der Waals surface area (Å²) in [6.07, 6.45) is 7.25. The predicted molar refractivity (Wildman–Crippen MR) is 156 cm³/mol. The van der Waals surface area contributed by atoms with Crippen molar-refractivity contribution in [3.8, 4) is 23.2 Å². The van der Waals surface area contributed by atoms with Crippen molar-refractivity contribution in [1.82, 2.24) is 14.7 Å². The van der Waals surface area contributed by atoms with Gasteiger partial charge in [0.2, 0.25) is 0 Å². The molecular weight excluding hydrogens is 544 g/mol. The van der Waals surface area contributed by atoms with Crippen molar-refractivity contribution in [2.75, 3.05) is 13.2 Å². The van der Waals surface area contributed by atoms with Crippen LogP contribution < -0.4 is 0 Å². The van der Waals surface area contributed by atoms with Crippen LogP contribution in [0.1, 0.15) is 83.0 Å². The molecule has 1 aromatic carbocycles. The van der Waals surface area contributed by atoms with Gasteiger partial charge in [0.1, 0.15) is 29.3 Å². The Kier molecular flexibility index (Phi) is 10.2. The van der Waals surface area contributed by atoms with Gasteiger partial charge >= 0.3 is 0 Å². The van der Waals surface area contributed by atoms with E-state index in [-0.39, 0.29) is 34.3 Å². The standard InChI is InChI=1S/C31H41F2N3O4Si/c1-22(39-28-13-9-11-16-37-28)30-34-14-15-36(30)21-24-20-27(40-35-24)29-25(32)18-23(19-26(29)33)12-8-7-10-17-38-41(5,6)31(2,3)4/h14-15,18-20,22,28H,7,9-11,13,16-17,21H2,1-6H3/t22-,28?/m0/s1. The summed E-state index contributed by atoms with van der Waals surface area (Å²) in [5, 5.41) is 4.19. The van der Waals surface area contributed by atoms with Crippen molar-refractivity contribution in [3.63, 3.8) is 0 Å². The lowest BCUT2D eigenvalue weighted by atomic mass is 10.1. The first-order valence-corrected chi connectivity index (χ1v) is 17.2. The van der Waals surface area contributed by atoms with E-state index in [9.17, 15) is 8.78 Å². The van der Waals surface area contributed by atoms with Crippen LogP contribution in [0.25, 0.3) is 11.3 Å². The fraction of sp³-hybridized carbons (Fsp3) is 0.548.